The molecule has 0 saturated heterocycles. The predicted molar refractivity (Wildman–Crippen MR) is 101 cm³/mol. The van der Waals surface area contributed by atoms with Gasteiger partial charge in [0.25, 0.3) is 0 Å². The van der Waals surface area contributed by atoms with Gasteiger partial charge in [0.2, 0.25) is 5.91 Å². The Morgan fingerprint density at radius 2 is 1.88 bits per heavy atom. The number of carbonyl (C=O) groups excluding carboxylic acids is 1. The molecule has 2 aromatic heterocycles. The minimum atomic E-state index is 0.104. The van der Waals surface area contributed by atoms with E-state index < -0.39 is 0 Å². The van der Waals surface area contributed by atoms with Crippen molar-refractivity contribution in [2.24, 2.45) is 0 Å². The summed E-state index contributed by atoms with van der Waals surface area (Å²) < 4.78 is 1.82. The van der Waals surface area contributed by atoms with Crippen molar-refractivity contribution in [1.29, 1.82) is 0 Å². The first-order chi connectivity index (χ1) is 12.6. The van der Waals surface area contributed by atoms with Crippen molar-refractivity contribution in [2.75, 3.05) is 0 Å². The molecule has 1 aromatic carbocycles. The summed E-state index contributed by atoms with van der Waals surface area (Å²) in [5, 5.41) is 4.26. The average molecular weight is 348 g/mol. The minimum absolute atomic E-state index is 0.104. The number of hydrogen-bond donors (Lipinski definition) is 0. The number of carbonyl (C=O) groups is 1. The molecule has 0 radical (unpaired) electrons. The molecule has 0 N–H and O–H groups in total. The van der Waals surface area contributed by atoms with Crippen LogP contribution >= 0.6 is 0 Å². The summed E-state index contributed by atoms with van der Waals surface area (Å²) in [6, 6.07) is 14.0. The van der Waals surface area contributed by atoms with Crippen molar-refractivity contribution >= 4 is 5.91 Å². The van der Waals surface area contributed by atoms with E-state index in [9.17, 15) is 4.79 Å². The summed E-state index contributed by atoms with van der Waals surface area (Å²) in [5.74, 6) is 0.104. The van der Waals surface area contributed by atoms with Crippen molar-refractivity contribution in [1.82, 2.24) is 19.7 Å². The topological polar surface area (TPSA) is 51.0 Å². The smallest absolute Gasteiger partial charge is 0.225 e. The molecule has 0 fully saturated rings. The number of pyridine rings is 1. The molecule has 5 heteroatoms. The molecule has 0 bridgehead atoms. The molecule has 0 saturated carbocycles. The Hall–Kier alpha value is -2.95. The van der Waals surface area contributed by atoms with E-state index in [0.717, 1.165) is 16.8 Å². The van der Waals surface area contributed by atoms with E-state index >= 15 is 0 Å². The van der Waals surface area contributed by atoms with Crippen molar-refractivity contribution in [3.8, 4) is 0 Å². The maximum Gasteiger partial charge on any atom is 0.225 e. The van der Waals surface area contributed by atoms with Crippen LogP contribution in [0.5, 0.6) is 0 Å². The van der Waals surface area contributed by atoms with Crippen LogP contribution in [0.25, 0.3) is 0 Å². The van der Waals surface area contributed by atoms with Crippen LogP contribution in [0.3, 0.4) is 0 Å². The second-order valence-electron chi connectivity index (χ2n) is 6.53. The zero-order chi connectivity index (χ0) is 18.4. The number of nitrogens with zero attached hydrogens (tertiary/aromatic N) is 4. The summed E-state index contributed by atoms with van der Waals surface area (Å²) >= 11 is 0. The number of aromatic nitrogens is 3. The molecule has 0 aliphatic rings. The number of rotatable bonds is 7. The van der Waals surface area contributed by atoms with Crippen LogP contribution in [-0.2, 0) is 24.4 Å². The average Bonchev–Trinajstić information content (AvgIpc) is 3.07. The number of aryl methyl sites for hydroxylation is 3. The molecule has 0 atom stereocenters. The molecular weight excluding hydrogens is 324 g/mol. The molecule has 0 aliphatic carbocycles. The summed E-state index contributed by atoms with van der Waals surface area (Å²) in [4.78, 5) is 19.2. The van der Waals surface area contributed by atoms with Gasteiger partial charge in [-0.15, -0.1) is 0 Å². The third kappa shape index (κ3) is 4.79. The Bertz CT molecular complexity index is 857. The first-order valence-corrected chi connectivity index (χ1v) is 8.83. The number of amides is 1. The van der Waals surface area contributed by atoms with Crippen LogP contribution in [0.4, 0.5) is 0 Å². The molecule has 5 nitrogen and oxygen atoms in total. The van der Waals surface area contributed by atoms with E-state index in [1.807, 2.05) is 59.2 Å². The highest BCUT2D eigenvalue weighted by atomic mass is 16.2. The SMILES string of the molecule is Cc1cnn(CCC(=O)N(Cc2ccccn2)Cc2ccccc2C)c1. The van der Waals surface area contributed by atoms with Gasteiger partial charge in [-0.1, -0.05) is 30.3 Å². The van der Waals surface area contributed by atoms with Crippen LogP contribution < -0.4 is 0 Å². The lowest BCUT2D eigenvalue weighted by molar-refractivity contribution is -0.132. The third-order valence-electron chi connectivity index (χ3n) is 4.37. The first kappa shape index (κ1) is 17.9. The summed E-state index contributed by atoms with van der Waals surface area (Å²) in [5.41, 5.74) is 4.34. The molecule has 3 rings (SSSR count). The van der Waals surface area contributed by atoms with Crippen LogP contribution in [0.15, 0.2) is 61.1 Å². The Kier molecular flexibility index (Phi) is 5.79. The van der Waals surface area contributed by atoms with Crippen molar-refractivity contribution in [2.45, 2.75) is 39.9 Å². The third-order valence-corrected chi connectivity index (χ3v) is 4.37. The standard InChI is InChI=1S/C21H24N4O/c1-17-13-23-25(14-17)12-10-21(26)24(16-20-9-5-6-11-22-20)15-19-8-4-3-7-18(19)2/h3-9,11,13-14H,10,12,15-16H2,1-2H3. The number of benzene rings is 1. The number of hydrogen-bond acceptors (Lipinski definition) is 3. The molecule has 0 unspecified atom stereocenters. The molecule has 0 spiro atoms. The Morgan fingerprint density at radius 3 is 2.58 bits per heavy atom. The van der Waals surface area contributed by atoms with Gasteiger partial charge >= 0.3 is 0 Å². The molecule has 26 heavy (non-hydrogen) atoms. The largest absolute Gasteiger partial charge is 0.332 e. The van der Waals surface area contributed by atoms with E-state index in [2.05, 4.69) is 29.1 Å². The van der Waals surface area contributed by atoms with Gasteiger partial charge in [-0.25, -0.2) is 0 Å². The Morgan fingerprint density at radius 1 is 1.08 bits per heavy atom. The lowest BCUT2D eigenvalue weighted by Gasteiger charge is -2.23. The molecule has 134 valence electrons. The zero-order valence-corrected chi connectivity index (χ0v) is 15.3. The maximum absolute atomic E-state index is 12.9. The van der Waals surface area contributed by atoms with E-state index in [4.69, 9.17) is 0 Å². The highest BCUT2D eigenvalue weighted by molar-refractivity contribution is 5.76. The maximum atomic E-state index is 12.9. The van der Waals surface area contributed by atoms with Gasteiger partial charge in [0.1, 0.15) is 0 Å². The fourth-order valence-electron chi connectivity index (χ4n) is 2.87. The fraction of sp³-hybridized carbons (Fsp3) is 0.286. The lowest BCUT2D eigenvalue weighted by Crippen LogP contribution is -2.31. The normalized spacial score (nSPS) is 10.7. The molecule has 3 aromatic rings. The van der Waals surface area contributed by atoms with Crippen molar-refractivity contribution in [3.63, 3.8) is 0 Å². The molecule has 1 amide bonds. The predicted octanol–water partition coefficient (Wildman–Crippen LogP) is 3.51. The highest BCUT2D eigenvalue weighted by Crippen LogP contribution is 2.14. The van der Waals surface area contributed by atoms with E-state index in [0.29, 0.717) is 26.1 Å². The summed E-state index contributed by atoms with van der Waals surface area (Å²) in [6.45, 7) is 5.74. The highest BCUT2D eigenvalue weighted by Gasteiger charge is 2.16. The minimum Gasteiger partial charge on any atom is -0.332 e. The van der Waals surface area contributed by atoms with Gasteiger partial charge in [0.15, 0.2) is 0 Å². The van der Waals surface area contributed by atoms with Gasteiger partial charge in [-0.3, -0.25) is 14.5 Å². The lowest BCUT2D eigenvalue weighted by atomic mass is 10.1. The van der Waals surface area contributed by atoms with Crippen LogP contribution in [0.1, 0.15) is 28.8 Å². The summed E-state index contributed by atoms with van der Waals surface area (Å²) in [7, 11) is 0. The Labute approximate surface area is 154 Å². The first-order valence-electron chi connectivity index (χ1n) is 8.83. The van der Waals surface area contributed by atoms with Gasteiger partial charge in [-0.05, 0) is 42.7 Å². The van der Waals surface area contributed by atoms with Crippen molar-refractivity contribution in [3.05, 3.63) is 83.4 Å². The van der Waals surface area contributed by atoms with Crippen LogP contribution in [0, 0.1) is 13.8 Å². The van der Waals surface area contributed by atoms with Gasteiger partial charge in [-0.2, -0.15) is 5.10 Å². The van der Waals surface area contributed by atoms with E-state index in [-0.39, 0.29) is 5.91 Å². The zero-order valence-electron chi connectivity index (χ0n) is 15.3. The quantitative estimate of drug-likeness (QED) is 0.656. The molecular formula is C21H24N4O. The van der Waals surface area contributed by atoms with Crippen molar-refractivity contribution < 1.29 is 4.79 Å². The van der Waals surface area contributed by atoms with Gasteiger partial charge < -0.3 is 4.90 Å². The fourth-order valence-corrected chi connectivity index (χ4v) is 2.87. The Balaban J connectivity index is 1.72. The van der Waals surface area contributed by atoms with E-state index in [1.54, 1.807) is 6.20 Å². The van der Waals surface area contributed by atoms with Crippen LogP contribution in [0.2, 0.25) is 0 Å². The van der Waals surface area contributed by atoms with Gasteiger partial charge in [0.05, 0.1) is 18.4 Å². The van der Waals surface area contributed by atoms with Crippen LogP contribution in [-0.4, -0.2) is 25.6 Å². The second kappa shape index (κ2) is 8.43. The summed E-state index contributed by atoms with van der Waals surface area (Å²) in [6.07, 6.45) is 5.94. The van der Waals surface area contributed by atoms with Gasteiger partial charge in [0, 0.05) is 31.9 Å². The van der Waals surface area contributed by atoms with E-state index in [1.165, 1.54) is 5.56 Å². The molecule has 2 heterocycles. The monoisotopic (exact) mass is 348 g/mol. The second-order valence-corrected chi connectivity index (χ2v) is 6.53. The molecule has 0 aliphatic heterocycles.